The molecule has 0 spiro atoms. The molecule has 0 fully saturated rings. The van der Waals surface area contributed by atoms with Gasteiger partial charge in [-0.25, -0.2) is 0 Å². The number of carbonyl (C=O) groups excluding carboxylic acids is 1. The Hall–Kier alpha value is -0.320. The minimum absolute atomic E-state index is 0. The van der Waals surface area contributed by atoms with Crippen molar-refractivity contribution in [1.29, 1.82) is 0 Å². The van der Waals surface area contributed by atoms with E-state index in [0.717, 1.165) is 6.42 Å². The van der Waals surface area contributed by atoms with E-state index in [1.807, 2.05) is 0 Å². The Morgan fingerprint density at radius 3 is 2.60 bits per heavy atom. The van der Waals surface area contributed by atoms with Crippen LogP contribution >= 0.6 is 12.4 Å². The second-order valence-corrected chi connectivity index (χ2v) is 1.65. The highest BCUT2D eigenvalue weighted by atomic mass is 35.5. The van der Waals surface area contributed by atoms with Crippen molar-refractivity contribution in [2.24, 2.45) is 5.73 Å². The zero-order chi connectivity index (χ0) is 7.11. The van der Waals surface area contributed by atoms with Crippen LogP contribution in [0, 0.1) is 0 Å². The van der Waals surface area contributed by atoms with Crippen LogP contribution in [-0.2, 0) is 4.79 Å². The number of hydrogen-bond acceptors (Lipinski definition) is 3. The van der Waals surface area contributed by atoms with E-state index in [1.165, 1.54) is 0 Å². The molecule has 0 saturated carbocycles. The van der Waals surface area contributed by atoms with Crippen molar-refractivity contribution >= 4 is 18.3 Å². The Labute approximate surface area is 66.2 Å². The number of halogens is 1. The average Bonchev–Trinajstić information content (AvgIpc) is 1.89. The lowest BCUT2D eigenvalue weighted by molar-refractivity contribution is -0.123. The van der Waals surface area contributed by atoms with E-state index in [0.29, 0.717) is 13.1 Å². The smallest absolute Gasteiger partial charge is 0.245 e. The van der Waals surface area contributed by atoms with Gasteiger partial charge in [-0.15, -0.1) is 12.4 Å². The molecule has 0 bridgehead atoms. The molecule has 0 rings (SSSR count). The lowest BCUT2D eigenvalue weighted by Crippen LogP contribution is -2.28. The molecular weight excluding hydrogens is 156 g/mol. The van der Waals surface area contributed by atoms with E-state index in [2.05, 4.69) is 5.32 Å². The average molecular weight is 169 g/mol. The lowest BCUT2D eigenvalue weighted by atomic mass is 10.4. The van der Waals surface area contributed by atoms with Gasteiger partial charge in [-0.2, -0.15) is 0 Å². The fraction of sp³-hybridized carbons (Fsp3) is 0.800. The first kappa shape index (κ1) is 12.4. The summed E-state index contributed by atoms with van der Waals surface area (Å²) in [5, 5.41) is 10.7. The van der Waals surface area contributed by atoms with Crippen LogP contribution in [0.25, 0.3) is 0 Å². The maximum Gasteiger partial charge on any atom is 0.245 e. The molecule has 1 amide bonds. The molecule has 10 heavy (non-hydrogen) atoms. The molecule has 0 atom stereocenters. The zero-order valence-corrected chi connectivity index (χ0v) is 6.49. The van der Waals surface area contributed by atoms with Gasteiger partial charge in [-0.1, -0.05) is 0 Å². The van der Waals surface area contributed by atoms with Gasteiger partial charge in [0.2, 0.25) is 5.91 Å². The Balaban J connectivity index is 0. The molecule has 62 valence electrons. The topological polar surface area (TPSA) is 75.3 Å². The molecule has 0 saturated heterocycles. The number of amides is 1. The molecule has 0 radical (unpaired) electrons. The zero-order valence-electron chi connectivity index (χ0n) is 5.67. The van der Waals surface area contributed by atoms with Gasteiger partial charge in [0.1, 0.15) is 6.61 Å². The van der Waals surface area contributed by atoms with Crippen molar-refractivity contribution in [3.05, 3.63) is 0 Å². The number of rotatable bonds is 4. The normalized spacial score (nSPS) is 8.20. The molecule has 4 nitrogen and oxygen atoms in total. The maximum atomic E-state index is 10.3. The maximum absolute atomic E-state index is 10.3. The summed E-state index contributed by atoms with van der Waals surface area (Å²) in [4.78, 5) is 10.3. The molecule has 0 aromatic rings. The van der Waals surface area contributed by atoms with Gasteiger partial charge in [0.25, 0.3) is 0 Å². The Morgan fingerprint density at radius 2 is 2.20 bits per heavy atom. The van der Waals surface area contributed by atoms with Crippen LogP contribution in [0.1, 0.15) is 6.42 Å². The highest BCUT2D eigenvalue weighted by Crippen LogP contribution is 1.69. The highest BCUT2D eigenvalue weighted by Gasteiger charge is 1.93. The summed E-state index contributed by atoms with van der Waals surface area (Å²) in [6.07, 6.45) is 0.756. The molecule has 0 aliphatic carbocycles. The first-order valence-electron chi connectivity index (χ1n) is 2.89. The summed E-state index contributed by atoms with van der Waals surface area (Å²) < 4.78 is 0. The van der Waals surface area contributed by atoms with E-state index in [4.69, 9.17) is 10.8 Å². The first-order chi connectivity index (χ1) is 4.31. The largest absolute Gasteiger partial charge is 0.387 e. The molecular formula is C5H13ClN2O2. The van der Waals surface area contributed by atoms with Crippen molar-refractivity contribution < 1.29 is 9.90 Å². The molecule has 4 N–H and O–H groups in total. The number of aliphatic hydroxyl groups excluding tert-OH is 1. The molecule has 0 heterocycles. The molecule has 5 heteroatoms. The number of hydrogen-bond donors (Lipinski definition) is 3. The molecule has 0 unspecified atom stereocenters. The van der Waals surface area contributed by atoms with Gasteiger partial charge in [0.15, 0.2) is 0 Å². The van der Waals surface area contributed by atoms with Crippen molar-refractivity contribution in [1.82, 2.24) is 5.32 Å². The number of carbonyl (C=O) groups is 1. The van der Waals surface area contributed by atoms with Crippen LogP contribution in [0.5, 0.6) is 0 Å². The van der Waals surface area contributed by atoms with Crippen LogP contribution in [0.2, 0.25) is 0 Å². The fourth-order valence-corrected chi connectivity index (χ4v) is 0.386. The summed E-state index contributed by atoms with van der Waals surface area (Å²) in [5.74, 6) is -0.344. The Morgan fingerprint density at radius 1 is 1.60 bits per heavy atom. The second-order valence-electron chi connectivity index (χ2n) is 1.65. The Kier molecular flexibility index (Phi) is 10.7. The van der Waals surface area contributed by atoms with E-state index in [9.17, 15) is 4.79 Å². The molecule has 0 aliphatic heterocycles. The summed E-state index contributed by atoms with van der Waals surface area (Å²) >= 11 is 0. The SMILES string of the molecule is Cl.NCCCNC(=O)CO. The number of aliphatic hydroxyl groups is 1. The minimum atomic E-state index is -0.440. The van der Waals surface area contributed by atoms with Gasteiger partial charge in [-0.3, -0.25) is 4.79 Å². The van der Waals surface area contributed by atoms with E-state index in [-0.39, 0.29) is 18.3 Å². The third-order valence-corrected chi connectivity index (χ3v) is 0.847. The van der Waals surface area contributed by atoms with Crippen molar-refractivity contribution in [2.75, 3.05) is 19.7 Å². The highest BCUT2D eigenvalue weighted by molar-refractivity contribution is 5.85. The monoisotopic (exact) mass is 168 g/mol. The predicted molar refractivity (Wildman–Crippen MR) is 41.0 cm³/mol. The van der Waals surface area contributed by atoms with Gasteiger partial charge in [0.05, 0.1) is 0 Å². The summed E-state index contributed by atoms with van der Waals surface area (Å²) in [6.45, 7) is 0.673. The summed E-state index contributed by atoms with van der Waals surface area (Å²) in [5.41, 5.74) is 5.14. The second kappa shape index (κ2) is 8.68. The molecule has 0 aromatic carbocycles. The van der Waals surface area contributed by atoms with Crippen LogP contribution in [0.15, 0.2) is 0 Å². The van der Waals surface area contributed by atoms with Gasteiger partial charge < -0.3 is 16.2 Å². The van der Waals surface area contributed by atoms with Crippen molar-refractivity contribution in [3.63, 3.8) is 0 Å². The lowest BCUT2D eigenvalue weighted by Gasteiger charge is -1.98. The summed E-state index contributed by atoms with van der Waals surface area (Å²) in [6, 6.07) is 0. The third-order valence-electron chi connectivity index (χ3n) is 0.847. The van der Waals surface area contributed by atoms with Gasteiger partial charge in [-0.05, 0) is 13.0 Å². The van der Waals surface area contributed by atoms with Crippen LogP contribution < -0.4 is 11.1 Å². The Bertz CT molecular complexity index is 89.7. The van der Waals surface area contributed by atoms with Gasteiger partial charge in [0, 0.05) is 6.54 Å². The van der Waals surface area contributed by atoms with Crippen molar-refractivity contribution in [3.8, 4) is 0 Å². The van der Waals surface area contributed by atoms with Crippen molar-refractivity contribution in [2.45, 2.75) is 6.42 Å². The predicted octanol–water partition coefficient (Wildman–Crippen LogP) is -1.13. The van der Waals surface area contributed by atoms with Crippen LogP contribution in [0.4, 0.5) is 0 Å². The third kappa shape index (κ3) is 7.68. The first-order valence-corrected chi connectivity index (χ1v) is 2.89. The standard InChI is InChI=1S/C5H12N2O2.ClH/c6-2-1-3-7-5(9)4-8;/h8H,1-4,6H2,(H,7,9);1H. The quantitative estimate of drug-likeness (QED) is 0.465. The number of nitrogens with one attached hydrogen (secondary N) is 1. The number of nitrogens with two attached hydrogens (primary N) is 1. The van der Waals surface area contributed by atoms with E-state index >= 15 is 0 Å². The molecule has 0 aromatic heterocycles. The van der Waals surface area contributed by atoms with Crippen LogP contribution in [0.3, 0.4) is 0 Å². The molecule has 0 aliphatic rings. The van der Waals surface area contributed by atoms with Gasteiger partial charge >= 0.3 is 0 Å². The minimum Gasteiger partial charge on any atom is -0.387 e. The summed E-state index contributed by atoms with van der Waals surface area (Å²) in [7, 11) is 0. The van der Waals surface area contributed by atoms with Crippen LogP contribution in [-0.4, -0.2) is 30.7 Å². The fourth-order valence-electron chi connectivity index (χ4n) is 0.386. The van der Waals surface area contributed by atoms with E-state index in [1.54, 1.807) is 0 Å². The van der Waals surface area contributed by atoms with E-state index < -0.39 is 6.61 Å².